The van der Waals surface area contributed by atoms with E-state index in [0.717, 1.165) is 19.4 Å². The normalized spacial score (nSPS) is 10.5. The molecule has 0 radical (unpaired) electrons. The fraction of sp³-hybridized carbons (Fsp3) is 0.667. The highest BCUT2D eigenvalue weighted by Crippen LogP contribution is 2.00. The molecule has 0 saturated heterocycles. The van der Waals surface area contributed by atoms with Crippen molar-refractivity contribution in [1.29, 1.82) is 0 Å². The molecule has 0 aliphatic rings. The molecule has 1 aromatic rings. The first-order chi connectivity index (χ1) is 8.27. The third-order valence-corrected chi connectivity index (χ3v) is 2.25. The Labute approximate surface area is 102 Å². The van der Waals surface area contributed by atoms with E-state index in [-0.39, 0.29) is 5.97 Å². The van der Waals surface area contributed by atoms with Gasteiger partial charge in [-0.2, -0.15) is 5.10 Å². The number of aromatic nitrogens is 2. The molecule has 5 nitrogen and oxygen atoms in total. The molecule has 96 valence electrons. The van der Waals surface area contributed by atoms with Gasteiger partial charge < -0.3 is 9.47 Å². The fourth-order valence-electron chi connectivity index (χ4n) is 1.31. The number of rotatable bonds is 8. The van der Waals surface area contributed by atoms with Gasteiger partial charge in [0.25, 0.3) is 0 Å². The average molecular weight is 240 g/mol. The summed E-state index contributed by atoms with van der Waals surface area (Å²) in [7, 11) is 0. The van der Waals surface area contributed by atoms with Gasteiger partial charge in [0.05, 0.1) is 31.5 Å². The number of carbonyl (C=O) groups excluding carboxylic acids is 1. The van der Waals surface area contributed by atoms with Crippen LogP contribution in [0.15, 0.2) is 12.4 Å². The maximum absolute atomic E-state index is 11.4. The van der Waals surface area contributed by atoms with Crippen molar-refractivity contribution in [2.45, 2.75) is 33.2 Å². The summed E-state index contributed by atoms with van der Waals surface area (Å²) in [5.41, 5.74) is 0.486. The smallest absolute Gasteiger partial charge is 0.341 e. The highest BCUT2D eigenvalue weighted by atomic mass is 16.5. The van der Waals surface area contributed by atoms with Crippen LogP contribution in [-0.4, -0.2) is 35.6 Å². The van der Waals surface area contributed by atoms with Gasteiger partial charge >= 0.3 is 5.97 Å². The summed E-state index contributed by atoms with van der Waals surface area (Å²) in [6, 6.07) is 0. The van der Waals surface area contributed by atoms with Crippen molar-refractivity contribution in [1.82, 2.24) is 9.78 Å². The Hall–Kier alpha value is -1.36. The lowest BCUT2D eigenvalue weighted by molar-refractivity contribution is 0.0526. The summed E-state index contributed by atoms with van der Waals surface area (Å²) in [6.45, 7) is 6.34. The van der Waals surface area contributed by atoms with Gasteiger partial charge in [-0.15, -0.1) is 0 Å². The van der Waals surface area contributed by atoms with Crippen LogP contribution in [0.25, 0.3) is 0 Å². The second-order valence-corrected chi connectivity index (χ2v) is 3.68. The first kappa shape index (κ1) is 13.7. The van der Waals surface area contributed by atoms with Crippen molar-refractivity contribution in [3.8, 4) is 0 Å². The SMILES string of the molecule is CCCCOCCn1cc(C(=O)OCC)cn1. The molecule has 0 bridgehead atoms. The molecule has 0 fully saturated rings. The van der Waals surface area contributed by atoms with Crippen LogP contribution in [0.4, 0.5) is 0 Å². The molecule has 0 aliphatic carbocycles. The minimum atomic E-state index is -0.328. The van der Waals surface area contributed by atoms with E-state index in [1.54, 1.807) is 17.8 Å². The average Bonchev–Trinajstić information content (AvgIpc) is 2.78. The van der Waals surface area contributed by atoms with Gasteiger partial charge in [0.1, 0.15) is 0 Å². The molecular formula is C12H20N2O3. The number of esters is 1. The van der Waals surface area contributed by atoms with E-state index in [1.165, 1.54) is 6.20 Å². The fourth-order valence-corrected chi connectivity index (χ4v) is 1.31. The first-order valence-electron chi connectivity index (χ1n) is 6.05. The van der Waals surface area contributed by atoms with E-state index < -0.39 is 0 Å². The quantitative estimate of drug-likeness (QED) is 0.514. The van der Waals surface area contributed by atoms with Gasteiger partial charge in [0.2, 0.25) is 0 Å². The molecule has 0 saturated carbocycles. The van der Waals surface area contributed by atoms with E-state index in [1.807, 2.05) is 0 Å². The van der Waals surface area contributed by atoms with Crippen molar-refractivity contribution in [2.75, 3.05) is 19.8 Å². The van der Waals surface area contributed by atoms with Gasteiger partial charge in [-0.05, 0) is 13.3 Å². The zero-order valence-corrected chi connectivity index (χ0v) is 10.5. The number of hydrogen-bond donors (Lipinski definition) is 0. The number of nitrogens with zero attached hydrogens (tertiary/aromatic N) is 2. The molecule has 0 N–H and O–H groups in total. The lowest BCUT2D eigenvalue weighted by atomic mass is 10.4. The number of ether oxygens (including phenoxy) is 2. The topological polar surface area (TPSA) is 53.4 Å². The highest BCUT2D eigenvalue weighted by molar-refractivity contribution is 5.88. The molecule has 0 aliphatic heterocycles. The predicted octanol–water partition coefficient (Wildman–Crippen LogP) is 1.88. The standard InChI is InChI=1S/C12H20N2O3/c1-3-5-7-16-8-6-14-10-11(9-13-14)12(15)17-4-2/h9-10H,3-8H2,1-2H3. The third-order valence-electron chi connectivity index (χ3n) is 2.25. The molecule has 1 heterocycles. The molecule has 0 amide bonds. The summed E-state index contributed by atoms with van der Waals surface area (Å²) >= 11 is 0. The molecule has 0 atom stereocenters. The first-order valence-corrected chi connectivity index (χ1v) is 6.05. The second kappa shape index (κ2) is 7.84. The van der Waals surface area contributed by atoms with Crippen molar-refractivity contribution < 1.29 is 14.3 Å². The number of carbonyl (C=O) groups is 1. The molecule has 0 aromatic carbocycles. The van der Waals surface area contributed by atoms with Crippen molar-refractivity contribution in [3.63, 3.8) is 0 Å². The Morgan fingerprint density at radius 2 is 2.24 bits per heavy atom. The van der Waals surface area contributed by atoms with Gasteiger partial charge in [0, 0.05) is 12.8 Å². The van der Waals surface area contributed by atoms with Crippen LogP contribution in [0.5, 0.6) is 0 Å². The minimum absolute atomic E-state index is 0.328. The van der Waals surface area contributed by atoms with Crippen LogP contribution < -0.4 is 0 Å². The van der Waals surface area contributed by atoms with Crippen LogP contribution in [-0.2, 0) is 16.0 Å². The van der Waals surface area contributed by atoms with Crippen LogP contribution in [0, 0.1) is 0 Å². The minimum Gasteiger partial charge on any atom is -0.462 e. The van der Waals surface area contributed by atoms with Crippen molar-refractivity contribution in [3.05, 3.63) is 18.0 Å². The summed E-state index contributed by atoms with van der Waals surface area (Å²) in [5, 5.41) is 4.07. The van der Waals surface area contributed by atoms with E-state index in [0.29, 0.717) is 25.3 Å². The van der Waals surface area contributed by atoms with Gasteiger partial charge in [0.15, 0.2) is 0 Å². The molecule has 1 rings (SSSR count). The van der Waals surface area contributed by atoms with E-state index in [4.69, 9.17) is 9.47 Å². The van der Waals surface area contributed by atoms with Crippen molar-refractivity contribution >= 4 is 5.97 Å². The number of hydrogen-bond acceptors (Lipinski definition) is 4. The maximum Gasteiger partial charge on any atom is 0.341 e. The van der Waals surface area contributed by atoms with Crippen LogP contribution in [0.1, 0.15) is 37.0 Å². The summed E-state index contributed by atoms with van der Waals surface area (Å²) in [6.07, 6.45) is 5.41. The zero-order valence-electron chi connectivity index (χ0n) is 10.5. The molecule has 0 spiro atoms. The molecule has 5 heteroatoms. The largest absolute Gasteiger partial charge is 0.462 e. The Morgan fingerprint density at radius 3 is 2.94 bits per heavy atom. The maximum atomic E-state index is 11.4. The molecule has 17 heavy (non-hydrogen) atoms. The zero-order chi connectivity index (χ0) is 12.5. The Balaban J connectivity index is 2.28. The van der Waals surface area contributed by atoms with Crippen LogP contribution >= 0.6 is 0 Å². The van der Waals surface area contributed by atoms with Gasteiger partial charge in [-0.25, -0.2) is 4.79 Å². The third kappa shape index (κ3) is 4.99. The monoisotopic (exact) mass is 240 g/mol. The lowest BCUT2D eigenvalue weighted by Gasteiger charge is -2.03. The summed E-state index contributed by atoms with van der Waals surface area (Å²) < 4.78 is 12.0. The highest BCUT2D eigenvalue weighted by Gasteiger charge is 2.08. The molecule has 1 aromatic heterocycles. The summed E-state index contributed by atoms with van der Waals surface area (Å²) in [4.78, 5) is 11.4. The van der Waals surface area contributed by atoms with Crippen LogP contribution in [0.2, 0.25) is 0 Å². The molecular weight excluding hydrogens is 220 g/mol. The predicted molar refractivity (Wildman–Crippen MR) is 63.9 cm³/mol. The second-order valence-electron chi connectivity index (χ2n) is 3.68. The molecule has 0 unspecified atom stereocenters. The van der Waals surface area contributed by atoms with Gasteiger partial charge in [-0.1, -0.05) is 13.3 Å². The van der Waals surface area contributed by atoms with Crippen molar-refractivity contribution in [2.24, 2.45) is 0 Å². The van der Waals surface area contributed by atoms with E-state index >= 15 is 0 Å². The van der Waals surface area contributed by atoms with E-state index in [9.17, 15) is 4.79 Å². The Bertz CT molecular complexity index is 336. The van der Waals surface area contributed by atoms with E-state index in [2.05, 4.69) is 12.0 Å². The lowest BCUT2D eigenvalue weighted by Crippen LogP contribution is -2.07. The van der Waals surface area contributed by atoms with Crippen LogP contribution in [0.3, 0.4) is 0 Å². The Morgan fingerprint density at radius 1 is 1.41 bits per heavy atom. The summed E-state index contributed by atoms with van der Waals surface area (Å²) in [5.74, 6) is -0.328. The Kier molecular flexibility index (Phi) is 6.32. The number of unbranched alkanes of at least 4 members (excludes halogenated alkanes) is 1. The van der Waals surface area contributed by atoms with Gasteiger partial charge in [-0.3, -0.25) is 4.68 Å².